The first-order chi connectivity index (χ1) is 11.1. The Morgan fingerprint density at radius 3 is 2.70 bits per heavy atom. The number of rotatable bonds is 5. The molecule has 2 aromatic heterocycles. The maximum atomic E-state index is 12.8. The van der Waals surface area contributed by atoms with Gasteiger partial charge in [-0.1, -0.05) is 36.4 Å². The maximum absolute atomic E-state index is 12.8. The van der Waals surface area contributed by atoms with E-state index >= 15 is 0 Å². The first kappa shape index (κ1) is 15.2. The molecule has 118 valence electrons. The molecule has 5 heteroatoms. The highest BCUT2D eigenvalue weighted by molar-refractivity contribution is 5.93. The maximum Gasteiger partial charge on any atom is 0.270 e. The molecule has 1 amide bonds. The lowest BCUT2D eigenvalue weighted by molar-refractivity contribution is 0.0780. The molecule has 5 nitrogen and oxygen atoms in total. The van der Waals surface area contributed by atoms with Crippen LogP contribution in [0.1, 0.15) is 23.0 Å². The van der Waals surface area contributed by atoms with E-state index in [0.29, 0.717) is 12.3 Å². The number of fused-ring (bicyclic) bond motifs is 1. The van der Waals surface area contributed by atoms with Gasteiger partial charge in [-0.05, 0) is 24.6 Å². The third kappa shape index (κ3) is 2.96. The number of aromatic nitrogens is 2. The van der Waals surface area contributed by atoms with Gasteiger partial charge in [0.1, 0.15) is 11.3 Å². The van der Waals surface area contributed by atoms with Gasteiger partial charge in [0, 0.05) is 13.3 Å². The molecular weight excluding hydrogens is 290 g/mol. The summed E-state index contributed by atoms with van der Waals surface area (Å²) < 4.78 is 7.10. The Kier molecular flexibility index (Phi) is 4.12. The summed E-state index contributed by atoms with van der Waals surface area (Å²) in [7, 11) is 1.63. The summed E-state index contributed by atoms with van der Waals surface area (Å²) in [5, 5.41) is 3.08. The number of ether oxygens (including phenoxy) is 1. The molecule has 0 spiro atoms. The molecule has 0 bridgehead atoms. The van der Waals surface area contributed by atoms with Gasteiger partial charge in [-0.15, -0.1) is 0 Å². The molecule has 0 aliphatic carbocycles. The van der Waals surface area contributed by atoms with Gasteiger partial charge in [0.25, 0.3) is 5.91 Å². The Morgan fingerprint density at radius 2 is 1.96 bits per heavy atom. The minimum absolute atomic E-state index is 0.188. The Hall–Kier alpha value is -2.66. The zero-order chi connectivity index (χ0) is 16.3. The zero-order valence-electron chi connectivity index (χ0n) is 13.2. The number of carbonyl (C=O) groups is 1. The van der Waals surface area contributed by atoms with Gasteiger partial charge >= 0.3 is 0 Å². The van der Waals surface area contributed by atoms with Gasteiger partial charge in [0.05, 0.1) is 18.3 Å². The highest BCUT2D eigenvalue weighted by Crippen LogP contribution is 2.21. The van der Waals surface area contributed by atoms with Crippen molar-refractivity contribution >= 4 is 11.6 Å². The van der Waals surface area contributed by atoms with Crippen LogP contribution in [-0.4, -0.2) is 29.0 Å². The molecule has 3 aromatic rings. The van der Waals surface area contributed by atoms with Crippen molar-refractivity contribution in [3.8, 4) is 0 Å². The van der Waals surface area contributed by atoms with Crippen molar-refractivity contribution in [2.24, 2.45) is 0 Å². The number of nitrogens with zero attached hydrogens (tertiary/aromatic N) is 2. The number of nitrogens with one attached hydrogen (secondary N) is 1. The fourth-order valence-corrected chi connectivity index (χ4v) is 2.70. The average Bonchev–Trinajstić information content (AvgIpc) is 3.00. The minimum atomic E-state index is -0.619. The summed E-state index contributed by atoms with van der Waals surface area (Å²) in [6.45, 7) is 2.33. The van der Waals surface area contributed by atoms with Crippen LogP contribution in [0.2, 0.25) is 0 Å². The number of imidazole rings is 1. The normalized spacial score (nSPS) is 13.7. The number of pyridine rings is 1. The van der Waals surface area contributed by atoms with Crippen LogP contribution in [0.4, 0.5) is 0 Å². The Morgan fingerprint density at radius 1 is 1.22 bits per heavy atom. The van der Waals surface area contributed by atoms with Crippen molar-refractivity contribution < 1.29 is 9.53 Å². The lowest BCUT2D eigenvalue weighted by Gasteiger charge is -2.30. The van der Waals surface area contributed by atoms with E-state index in [2.05, 4.69) is 10.3 Å². The number of carbonyl (C=O) groups excluding carboxylic acids is 1. The van der Waals surface area contributed by atoms with E-state index in [9.17, 15) is 4.79 Å². The highest BCUT2D eigenvalue weighted by Gasteiger charge is 2.29. The summed E-state index contributed by atoms with van der Waals surface area (Å²) in [6, 6.07) is 15.4. The molecule has 0 saturated heterocycles. The van der Waals surface area contributed by atoms with E-state index in [1.807, 2.05) is 61.7 Å². The zero-order valence-corrected chi connectivity index (χ0v) is 13.2. The summed E-state index contributed by atoms with van der Waals surface area (Å²) >= 11 is 0. The third-order valence-electron chi connectivity index (χ3n) is 3.88. The molecule has 0 aliphatic rings. The molecule has 1 unspecified atom stereocenters. The smallest absolute Gasteiger partial charge is 0.270 e. The second-order valence-corrected chi connectivity index (χ2v) is 5.66. The predicted octanol–water partition coefficient (Wildman–Crippen LogP) is 2.63. The van der Waals surface area contributed by atoms with Crippen LogP contribution >= 0.6 is 0 Å². The monoisotopic (exact) mass is 309 g/mol. The number of methoxy groups -OCH3 is 1. The number of hydrogen-bond acceptors (Lipinski definition) is 3. The van der Waals surface area contributed by atoms with E-state index in [1.54, 1.807) is 17.7 Å². The van der Waals surface area contributed by atoms with Crippen molar-refractivity contribution in [2.75, 3.05) is 13.7 Å². The third-order valence-corrected chi connectivity index (χ3v) is 3.88. The molecule has 2 heterocycles. The molecule has 1 N–H and O–H groups in total. The van der Waals surface area contributed by atoms with E-state index in [0.717, 1.165) is 11.2 Å². The minimum Gasteiger partial charge on any atom is -0.382 e. The topological polar surface area (TPSA) is 55.6 Å². The van der Waals surface area contributed by atoms with Crippen molar-refractivity contribution in [1.29, 1.82) is 0 Å². The SMILES string of the molecule is COCC(C)(NC(=O)c1cnc2ccccn12)c1ccccc1. The van der Waals surface area contributed by atoms with Gasteiger partial charge in [0.15, 0.2) is 0 Å². The first-order valence-electron chi connectivity index (χ1n) is 7.43. The molecular formula is C18H19N3O2. The van der Waals surface area contributed by atoms with Crippen LogP contribution < -0.4 is 5.32 Å². The van der Waals surface area contributed by atoms with Crippen LogP contribution in [0.3, 0.4) is 0 Å². The summed E-state index contributed by atoms with van der Waals surface area (Å²) in [5.74, 6) is -0.188. The molecule has 1 aromatic carbocycles. The Bertz CT molecular complexity index is 813. The fraction of sp³-hybridized carbons (Fsp3) is 0.222. The van der Waals surface area contributed by atoms with Crippen LogP contribution in [0.5, 0.6) is 0 Å². The van der Waals surface area contributed by atoms with Crippen molar-refractivity contribution in [1.82, 2.24) is 14.7 Å². The fourth-order valence-electron chi connectivity index (χ4n) is 2.70. The van der Waals surface area contributed by atoms with Crippen molar-refractivity contribution in [3.05, 3.63) is 72.2 Å². The molecule has 0 saturated carbocycles. The number of benzene rings is 1. The molecule has 0 aliphatic heterocycles. The van der Waals surface area contributed by atoms with Crippen LogP contribution in [0.25, 0.3) is 5.65 Å². The number of hydrogen-bond donors (Lipinski definition) is 1. The largest absolute Gasteiger partial charge is 0.382 e. The molecule has 3 rings (SSSR count). The summed E-state index contributed by atoms with van der Waals surface area (Å²) in [5.41, 5.74) is 1.61. The first-order valence-corrected chi connectivity index (χ1v) is 7.43. The van der Waals surface area contributed by atoms with E-state index < -0.39 is 5.54 Å². The number of amides is 1. The van der Waals surface area contributed by atoms with Crippen molar-refractivity contribution in [2.45, 2.75) is 12.5 Å². The van der Waals surface area contributed by atoms with E-state index in [1.165, 1.54) is 0 Å². The Balaban J connectivity index is 1.93. The van der Waals surface area contributed by atoms with Gasteiger partial charge in [-0.3, -0.25) is 9.20 Å². The van der Waals surface area contributed by atoms with Gasteiger partial charge < -0.3 is 10.1 Å². The van der Waals surface area contributed by atoms with Crippen molar-refractivity contribution in [3.63, 3.8) is 0 Å². The van der Waals surface area contributed by atoms with Crippen LogP contribution in [0.15, 0.2) is 60.9 Å². The highest BCUT2D eigenvalue weighted by atomic mass is 16.5. The average molecular weight is 309 g/mol. The van der Waals surface area contributed by atoms with Gasteiger partial charge in [-0.25, -0.2) is 4.98 Å². The molecule has 23 heavy (non-hydrogen) atoms. The predicted molar refractivity (Wildman–Crippen MR) is 88.3 cm³/mol. The van der Waals surface area contributed by atoms with Gasteiger partial charge in [-0.2, -0.15) is 0 Å². The molecule has 0 fully saturated rings. The van der Waals surface area contributed by atoms with E-state index in [-0.39, 0.29) is 5.91 Å². The van der Waals surface area contributed by atoms with Crippen LogP contribution in [-0.2, 0) is 10.3 Å². The lowest BCUT2D eigenvalue weighted by Crippen LogP contribution is -2.47. The quantitative estimate of drug-likeness (QED) is 0.788. The molecule has 0 radical (unpaired) electrons. The lowest BCUT2D eigenvalue weighted by atomic mass is 9.92. The van der Waals surface area contributed by atoms with Gasteiger partial charge in [0.2, 0.25) is 0 Å². The second kappa shape index (κ2) is 6.22. The molecule has 1 atom stereocenters. The standard InChI is InChI=1S/C18H19N3O2/c1-18(13-23-2,14-8-4-3-5-9-14)20-17(22)15-12-19-16-10-6-7-11-21(15)16/h3-12H,13H2,1-2H3,(H,20,22). The summed E-state index contributed by atoms with van der Waals surface area (Å²) in [4.78, 5) is 17.0. The second-order valence-electron chi connectivity index (χ2n) is 5.66. The van der Waals surface area contributed by atoms with E-state index in [4.69, 9.17) is 4.74 Å². The Labute approximate surface area is 134 Å². The van der Waals surface area contributed by atoms with Crippen LogP contribution in [0, 0.1) is 0 Å². The summed E-state index contributed by atoms with van der Waals surface area (Å²) in [6.07, 6.45) is 3.41.